The van der Waals surface area contributed by atoms with E-state index in [2.05, 4.69) is 22.2 Å². The first-order valence-electron chi connectivity index (χ1n) is 17.1. The Morgan fingerprint density at radius 2 is 1.71 bits per heavy atom. The van der Waals surface area contributed by atoms with Crippen LogP contribution < -0.4 is 5.32 Å². The molecule has 0 spiro atoms. The molecule has 4 saturated heterocycles. The van der Waals surface area contributed by atoms with Gasteiger partial charge in [0.15, 0.2) is 0 Å². The van der Waals surface area contributed by atoms with Crippen LogP contribution in [0.5, 0.6) is 5.75 Å². The van der Waals surface area contributed by atoms with E-state index in [1.807, 2.05) is 16.3 Å². The number of halogens is 4. The van der Waals surface area contributed by atoms with Gasteiger partial charge in [0.25, 0.3) is 0 Å². The first-order chi connectivity index (χ1) is 23.4. The average Bonchev–Trinajstić information content (AvgIpc) is 3.80. The number of nitrogens with one attached hydrogen (secondary N) is 1. The number of thiophene rings is 1. The predicted octanol–water partition coefficient (Wildman–Crippen LogP) is 5.09. The SMILES string of the molecule is CN1CC2CC1CN2C1CCN(C(=O)[C@H](CC(=O)N2CCC(N3Cc4sccc4NC3=O)CC2)Cc2cc(Cl)c(O)c(C(F)(F)F)c2)CC1. The smallest absolute Gasteiger partial charge is 0.420 e. The van der Waals surface area contributed by atoms with Gasteiger partial charge in [-0.2, -0.15) is 13.2 Å². The molecule has 2 unspecified atom stereocenters. The zero-order chi connectivity index (χ0) is 34.6. The molecule has 5 aliphatic rings. The van der Waals surface area contributed by atoms with E-state index in [9.17, 15) is 32.7 Å². The van der Waals surface area contributed by atoms with Crippen LogP contribution in [0.3, 0.4) is 0 Å². The molecule has 2 N–H and O–H groups in total. The summed E-state index contributed by atoms with van der Waals surface area (Å²) >= 11 is 7.62. The fourth-order valence-electron chi connectivity index (χ4n) is 8.59. The maximum Gasteiger partial charge on any atom is 0.420 e. The summed E-state index contributed by atoms with van der Waals surface area (Å²) in [6.07, 6.45) is -1.15. The molecule has 2 bridgehead atoms. The van der Waals surface area contributed by atoms with Gasteiger partial charge in [-0.3, -0.25) is 14.5 Å². The minimum Gasteiger partial charge on any atom is -0.506 e. The zero-order valence-electron chi connectivity index (χ0n) is 27.4. The Balaban J connectivity index is 1.02. The Morgan fingerprint density at radius 1 is 1.02 bits per heavy atom. The number of piperidine rings is 2. The maximum atomic E-state index is 14.1. The molecule has 0 saturated carbocycles. The normalized spacial score (nSPS) is 24.8. The van der Waals surface area contributed by atoms with Gasteiger partial charge >= 0.3 is 12.2 Å². The minimum atomic E-state index is -4.84. The summed E-state index contributed by atoms with van der Waals surface area (Å²) in [5.41, 5.74) is -0.291. The maximum absolute atomic E-state index is 14.1. The van der Waals surface area contributed by atoms with Crippen LogP contribution >= 0.6 is 22.9 Å². The topological polar surface area (TPSA) is 99.7 Å². The fourth-order valence-corrected chi connectivity index (χ4v) is 9.66. The Labute approximate surface area is 292 Å². The van der Waals surface area contributed by atoms with Crippen molar-refractivity contribution in [1.82, 2.24) is 24.5 Å². The molecular weight excluding hydrogens is 681 g/mol. The fraction of sp³-hybridized carbons (Fsp3) is 0.618. The number of urea groups is 1. The van der Waals surface area contributed by atoms with Crippen LogP contribution in [0.1, 0.15) is 54.5 Å². The van der Waals surface area contributed by atoms with Crippen LogP contribution in [0.25, 0.3) is 0 Å². The van der Waals surface area contributed by atoms with E-state index in [-0.39, 0.29) is 42.3 Å². The molecule has 266 valence electrons. The second-order valence-corrected chi connectivity index (χ2v) is 15.6. The second-order valence-electron chi connectivity index (χ2n) is 14.2. The van der Waals surface area contributed by atoms with Crippen molar-refractivity contribution in [3.63, 3.8) is 0 Å². The average molecular weight is 723 g/mol. The number of alkyl halides is 3. The molecule has 3 atom stereocenters. The third-order valence-electron chi connectivity index (χ3n) is 11.3. The van der Waals surface area contributed by atoms with E-state index in [0.717, 1.165) is 42.6 Å². The van der Waals surface area contributed by atoms with E-state index < -0.39 is 28.4 Å². The molecule has 0 radical (unpaired) electrons. The van der Waals surface area contributed by atoms with Crippen LogP contribution in [-0.2, 0) is 28.7 Å². The van der Waals surface area contributed by atoms with Crippen molar-refractivity contribution in [2.24, 2.45) is 5.92 Å². The van der Waals surface area contributed by atoms with Crippen LogP contribution in [0, 0.1) is 5.92 Å². The predicted molar refractivity (Wildman–Crippen MR) is 180 cm³/mol. The van der Waals surface area contributed by atoms with Crippen LogP contribution in [0.15, 0.2) is 23.6 Å². The number of hydrogen-bond donors (Lipinski definition) is 2. The Morgan fingerprint density at radius 3 is 2.37 bits per heavy atom. The van der Waals surface area contributed by atoms with Crippen LogP contribution in [0.2, 0.25) is 5.02 Å². The van der Waals surface area contributed by atoms with Gasteiger partial charge in [-0.05, 0) is 74.7 Å². The third-order valence-corrected chi connectivity index (χ3v) is 12.5. The first-order valence-corrected chi connectivity index (χ1v) is 18.4. The number of amides is 4. The van der Waals surface area contributed by atoms with E-state index in [1.54, 1.807) is 21.1 Å². The summed E-state index contributed by atoms with van der Waals surface area (Å²) in [7, 11) is 2.17. The standard InChI is InChI=1S/C34H42ClF3N6O4S/c1-40-17-25-16-24(40)18-43(25)22-4-9-42(10-5-22)32(47)21(12-20-13-26(34(36,37)38)31(46)27(35)14-20)15-30(45)41-7-2-23(3-8-41)44-19-29-28(6-11-49-29)39-33(44)48/h6,11,13-14,21-25,46H,2-5,7-10,12,15-19H2,1H3,(H,39,48)/t21-,24?,25?/m0/s1. The largest absolute Gasteiger partial charge is 0.506 e. The van der Waals surface area contributed by atoms with Gasteiger partial charge in [0, 0.05) is 74.7 Å². The lowest BCUT2D eigenvalue weighted by Gasteiger charge is -2.42. The number of fused-ring (bicyclic) bond motifs is 3. The van der Waals surface area contributed by atoms with E-state index in [4.69, 9.17) is 11.6 Å². The lowest BCUT2D eigenvalue weighted by molar-refractivity contribution is -0.143. The number of hydrogen-bond acceptors (Lipinski definition) is 7. The highest BCUT2D eigenvalue weighted by Crippen LogP contribution is 2.41. The van der Waals surface area contributed by atoms with Gasteiger partial charge in [0.05, 0.1) is 28.7 Å². The highest BCUT2D eigenvalue weighted by atomic mass is 35.5. The van der Waals surface area contributed by atoms with E-state index in [1.165, 1.54) is 12.5 Å². The van der Waals surface area contributed by atoms with Crippen LogP contribution in [0.4, 0.5) is 23.7 Å². The highest BCUT2D eigenvalue weighted by molar-refractivity contribution is 7.10. The van der Waals surface area contributed by atoms with E-state index >= 15 is 0 Å². The summed E-state index contributed by atoms with van der Waals surface area (Å²) < 4.78 is 41.2. The Kier molecular flexibility index (Phi) is 9.52. The number of phenols is 1. The molecule has 4 amide bonds. The summed E-state index contributed by atoms with van der Waals surface area (Å²) in [6.45, 7) is 4.49. The Bertz CT molecular complexity index is 1590. The van der Waals surface area contributed by atoms with Gasteiger partial charge in [0.2, 0.25) is 11.8 Å². The first kappa shape index (κ1) is 34.4. The number of carbonyl (C=O) groups excluding carboxylic acids is 3. The lowest BCUT2D eigenvalue weighted by Crippen LogP contribution is -2.54. The van der Waals surface area contributed by atoms with Gasteiger partial charge in [-0.1, -0.05) is 11.6 Å². The number of benzene rings is 1. The molecule has 7 rings (SSSR count). The molecule has 15 heteroatoms. The number of likely N-dealkylation sites (N-methyl/N-ethyl adjacent to an activating group) is 1. The van der Waals surface area contributed by atoms with Gasteiger partial charge in [0.1, 0.15) is 5.75 Å². The quantitative estimate of drug-likeness (QED) is 0.413. The van der Waals surface area contributed by atoms with Crippen molar-refractivity contribution in [1.29, 1.82) is 0 Å². The van der Waals surface area contributed by atoms with Crippen molar-refractivity contribution in [3.05, 3.63) is 44.6 Å². The number of phenolic OH excluding ortho intramolecular Hbond substituents is 1. The lowest BCUT2D eigenvalue weighted by atomic mass is 9.91. The molecule has 10 nitrogen and oxygen atoms in total. The van der Waals surface area contributed by atoms with Crippen molar-refractivity contribution in [3.8, 4) is 5.75 Å². The van der Waals surface area contributed by atoms with Gasteiger partial charge in [-0.25, -0.2) is 4.79 Å². The minimum absolute atomic E-state index is 0.0378. The van der Waals surface area contributed by atoms with Crippen molar-refractivity contribution < 1.29 is 32.7 Å². The molecule has 1 aromatic carbocycles. The Hall–Kier alpha value is -3.07. The molecule has 1 aromatic heterocycles. The summed E-state index contributed by atoms with van der Waals surface area (Å²) in [5.74, 6) is -2.45. The molecule has 49 heavy (non-hydrogen) atoms. The molecule has 2 aromatic rings. The molecular formula is C34H42ClF3N6O4S. The molecule has 4 fully saturated rings. The number of carbonyl (C=O) groups is 3. The number of anilines is 1. The van der Waals surface area contributed by atoms with Gasteiger partial charge < -0.3 is 30.0 Å². The summed E-state index contributed by atoms with van der Waals surface area (Å²) in [6, 6.07) is 5.27. The molecule has 5 aliphatic heterocycles. The second kappa shape index (κ2) is 13.6. The number of nitrogens with zero attached hydrogens (tertiary/aromatic N) is 5. The van der Waals surface area contributed by atoms with Gasteiger partial charge in [-0.15, -0.1) is 11.3 Å². The van der Waals surface area contributed by atoms with Crippen molar-refractivity contribution in [2.75, 3.05) is 51.6 Å². The number of aromatic hydroxyl groups is 1. The van der Waals surface area contributed by atoms with Crippen molar-refractivity contribution in [2.45, 2.75) is 81.8 Å². The number of likely N-dealkylation sites (tertiary alicyclic amines) is 4. The highest BCUT2D eigenvalue weighted by Gasteiger charge is 2.45. The van der Waals surface area contributed by atoms with Crippen LogP contribution in [-0.4, -0.2) is 118 Å². The monoisotopic (exact) mass is 722 g/mol. The third kappa shape index (κ3) is 6.98. The van der Waals surface area contributed by atoms with Crippen molar-refractivity contribution >= 4 is 46.5 Å². The summed E-state index contributed by atoms with van der Waals surface area (Å²) in [4.78, 5) is 52.0. The molecule has 0 aliphatic carbocycles. The summed E-state index contributed by atoms with van der Waals surface area (Å²) in [5, 5.41) is 14.5. The molecule has 6 heterocycles. The van der Waals surface area contributed by atoms with E-state index in [0.29, 0.717) is 63.7 Å². The number of piperazine rings is 1. The number of rotatable bonds is 7. The zero-order valence-corrected chi connectivity index (χ0v) is 29.0.